The van der Waals surface area contributed by atoms with E-state index >= 15 is 0 Å². The van der Waals surface area contributed by atoms with Crippen LogP contribution in [0.15, 0.2) is 126 Å². The third-order valence-corrected chi connectivity index (χ3v) is 13.0. The lowest BCUT2D eigenvalue weighted by molar-refractivity contribution is 0.542. The third kappa shape index (κ3) is 3.70. The van der Waals surface area contributed by atoms with Gasteiger partial charge in [0, 0.05) is 62.4 Å². The summed E-state index contributed by atoms with van der Waals surface area (Å²) in [6, 6.07) is 44.8. The molecule has 0 amide bonds. The molecule has 3 aromatic heterocycles. The predicted molar refractivity (Wildman–Crippen MR) is 202 cm³/mol. The summed E-state index contributed by atoms with van der Waals surface area (Å²) >= 11 is 3.85. The van der Waals surface area contributed by atoms with Crippen molar-refractivity contribution in [3.8, 4) is 22.3 Å². The van der Waals surface area contributed by atoms with Crippen molar-refractivity contribution in [1.82, 2.24) is 0 Å². The lowest BCUT2D eigenvalue weighted by atomic mass is 9.83. The molecule has 1 nitrogen and oxygen atoms in total. The van der Waals surface area contributed by atoms with Crippen LogP contribution in [0.1, 0.15) is 29.9 Å². The van der Waals surface area contributed by atoms with Gasteiger partial charge in [0.15, 0.2) is 0 Å². The molecule has 0 radical (unpaired) electrons. The van der Waals surface area contributed by atoms with Gasteiger partial charge in [0.25, 0.3) is 0 Å². The molecule has 3 heterocycles. The minimum Gasteiger partial charge on any atom is -0.456 e. The van der Waals surface area contributed by atoms with Gasteiger partial charge in [-0.3, -0.25) is 0 Å². The molecule has 0 saturated carbocycles. The number of furan rings is 1. The van der Waals surface area contributed by atoms with Crippen LogP contribution in [0.5, 0.6) is 0 Å². The van der Waals surface area contributed by atoms with Gasteiger partial charge < -0.3 is 4.42 Å². The standard InChI is InChI=1S/C44H28OS2/c1-2-10-27-26(9-1)31-21-22-34-29-12-4-6-18-40(29)47-44(34)42(31)36(27)23-25-19-20-35-38(24-25)45-37-16-8-13-30(41(35)37)33-15-7-14-32-28-11-3-5-17-39(28)46-43(32)33/h1-18,20-22,24-25,36H,19,23H2/t25?,36-/m0/s1. The van der Waals surface area contributed by atoms with Gasteiger partial charge >= 0.3 is 0 Å². The van der Waals surface area contributed by atoms with E-state index in [1.54, 1.807) is 0 Å². The number of hydrogen-bond acceptors (Lipinski definition) is 3. The lowest BCUT2D eigenvalue weighted by Crippen LogP contribution is -2.26. The molecular formula is C44H28OS2. The zero-order valence-electron chi connectivity index (χ0n) is 25.5. The molecule has 0 aliphatic heterocycles. The first-order valence-corrected chi connectivity index (χ1v) is 18.1. The molecule has 0 bridgehead atoms. The predicted octanol–water partition coefficient (Wildman–Crippen LogP) is 11.6. The van der Waals surface area contributed by atoms with Crippen molar-refractivity contribution in [2.45, 2.75) is 18.8 Å². The van der Waals surface area contributed by atoms with Gasteiger partial charge in [-0.2, -0.15) is 0 Å². The van der Waals surface area contributed by atoms with Crippen molar-refractivity contribution in [2.24, 2.45) is 5.92 Å². The lowest BCUT2D eigenvalue weighted by Gasteiger charge is -2.20. The summed E-state index contributed by atoms with van der Waals surface area (Å²) in [6.45, 7) is 0. The number of hydrogen-bond donors (Lipinski definition) is 0. The molecule has 0 saturated heterocycles. The second-order valence-corrected chi connectivity index (χ2v) is 15.2. The van der Waals surface area contributed by atoms with Gasteiger partial charge in [0.2, 0.25) is 0 Å². The van der Waals surface area contributed by atoms with E-state index in [2.05, 4.69) is 133 Å². The Morgan fingerprint density at radius 3 is 2.13 bits per heavy atom. The van der Waals surface area contributed by atoms with Crippen LogP contribution < -0.4 is 10.6 Å². The molecule has 6 aromatic carbocycles. The zero-order chi connectivity index (χ0) is 30.6. The van der Waals surface area contributed by atoms with Crippen molar-refractivity contribution in [1.29, 1.82) is 0 Å². The SMILES string of the molecule is C1=c2oc3cccc(-c4cccc5c4sc4ccccc45)c3c2=CCC1C[C@H]1c2ccccc2-c2ccc3c(sc4ccccc43)c21. The second kappa shape index (κ2) is 9.78. The normalized spacial score (nSPS) is 16.9. The summed E-state index contributed by atoms with van der Waals surface area (Å²) in [4.78, 5) is 0. The highest BCUT2D eigenvalue weighted by atomic mass is 32.1. The van der Waals surface area contributed by atoms with E-state index in [-0.39, 0.29) is 0 Å². The van der Waals surface area contributed by atoms with E-state index in [1.165, 1.54) is 84.3 Å². The average Bonchev–Trinajstić information content (AvgIpc) is 3.87. The molecule has 47 heavy (non-hydrogen) atoms. The van der Waals surface area contributed by atoms with Gasteiger partial charge in [-0.1, -0.05) is 109 Å². The van der Waals surface area contributed by atoms with Crippen LogP contribution in [0.25, 0.3) is 85.7 Å². The Morgan fingerprint density at radius 1 is 0.574 bits per heavy atom. The largest absolute Gasteiger partial charge is 0.456 e. The van der Waals surface area contributed by atoms with Gasteiger partial charge in [0.1, 0.15) is 11.0 Å². The maximum absolute atomic E-state index is 6.69. The number of rotatable bonds is 3. The number of fused-ring (bicyclic) bond motifs is 13. The Kier molecular flexibility index (Phi) is 5.44. The summed E-state index contributed by atoms with van der Waals surface area (Å²) in [7, 11) is 0. The molecular weight excluding hydrogens is 609 g/mol. The molecule has 2 aliphatic carbocycles. The molecule has 0 spiro atoms. The van der Waals surface area contributed by atoms with E-state index in [1.807, 2.05) is 22.7 Å². The van der Waals surface area contributed by atoms with Crippen molar-refractivity contribution in [3.05, 3.63) is 143 Å². The van der Waals surface area contributed by atoms with Crippen molar-refractivity contribution >= 4 is 86.1 Å². The number of benzene rings is 6. The van der Waals surface area contributed by atoms with Crippen LogP contribution in [0.3, 0.4) is 0 Å². The molecule has 9 aromatic rings. The van der Waals surface area contributed by atoms with Gasteiger partial charge in [-0.05, 0) is 70.9 Å². The van der Waals surface area contributed by atoms with Crippen LogP contribution in [-0.2, 0) is 0 Å². The van der Waals surface area contributed by atoms with E-state index in [0.29, 0.717) is 11.8 Å². The fourth-order valence-corrected chi connectivity index (χ4v) is 11.1. The minimum atomic E-state index is 0.361. The summed E-state index contributed by atoms with van der Waals surface area (Å²) in [5.41, 5.74) is 10.4. The minimum absolute atomic E-state index is 0.361. The molecule has 222 valence electrons. The monoisotopic (exact) mass is 636 g/mol. The summed E-state index contributed by atoms with van der Waals surface area (Å²) < 4.78 is 12.2. The fraction of sp³-hybridized carbons (Fsp3) is 0.0909. The fourth-order valence-electron chi connectivity index (χ4n) is 8.56. The second-order valence-electron chi connectivity index (χ2n) is 13.1. The number of thiophene rings is 2. The first-order chi connectivity index (χ1) is 23.3. The summed E-state index contributed by atoms with van der Waals surface area (Å²) in [6.07, 6.45) is 6.98. The molecule has 1 unspecified atom stereocenters. The average molecular weight is 637 g/mol. The Morgan fingerprint density at radius 2 is 1.26 bits per heavy atom. The highest BCUT2D eigenvalue weighted by Crippen LogP contribution is 2.53. The van der Waals surface area contributed by atoms with Gasteiger partial charge in [0.05, 0.1) is 0 Å². The highest BCUT2D eigenvalue weighted by Gasteiger charge is 2.33. The van der Waals surface area contributed by atoms with E-state index < -0.39 is 0 Å². The highest BCUT2D eigenvalue weighted by molar-refractivity contribution is 7.26. The Labute approximate surface area is 279 Å². The maximum atomic E-state index is 6.69. The van der Waals surface area contributed by atoms with Crippen molar-refractivity contribution in [3.63, 3.8) is 0 Å². The molecule has 3 heteroatoms. The van der Waals surface area contributed by atoms with Crippen LogP contribution in [0.2, 0.25) is 0 Å². The first-order valence-electron chi connectivity index (χ1n) is 16.5. The third-order valence-electron chi connectivity index (χ3n) is 10.6. The van der Waals surface area contributed by atoms with E-state index in [4.69, 9.17) is 4.42 Å². The van der Waals surface area contributed by atoms with Crippen molar-refractivity contribution in [2.75, 3.05) is 0 Å². The first kappa shape index (κ1) is 26.1. The van der Waals surface area contributed by atoms with E-state index in [9.17, 15) is 0 Å². The quantitative estimate of drug-likeness (QED) is 0.188. The Bertz CT molecular complexity index is 2880. The van der Waals surface area contributed by atoms with Crippen LogP contribution >= 0.6 is 22.7 Å². The van der Waals surface area contributed by atoms with Crippen molar-refractivity contribution < 1.29 is 4.42 Å². The van der Waals surface area contributed by atoms with Crippen LogP contribution in [-0.4, -0.2) is 0 Å². The van der Waals surface area contributed by atoms with Crippen LogP contribution in [0, 0.1) is 5.92 Å². The molecule has 0 fully saturated rings. The topological polar surface area (TPSA) is 13.1 Å². The smallest absolute Gasteiger partial charge is 0.136 e. The summed E-state index contributed by atoms with van der Waals surface area (Å²) in [5, 5.41) is 7.92. The Hall–Kier alpha value is -4.96. The maximum Gasteiger partial charge on any atom is 0.136 e. The van der Waals surface area contributed by atoms with Crippen LogP contribution in [0.4, 0.5) is 0 Å². The van der Waals surface area contributed by atoms with E-state index in [0.717, 1.165) is 23.8 Å². The zero-order valence-corrected chi connectivity index (χ0v) is 27.1. The molecule has 0 N–H and O–H groups in total. The molecule has 2 atom stereocenters. The van der Waals surface area contributed by atoms with Gasteiger partial charge in [-0.25, -0.2) is 0 Å². The summed E-state index contributed by atoms with van der Waals surface area (Å²) in [5.74, 6) is 0.755. The molecule has 11 rings (SSSR count). The van der Waals surface area contributed by atoms with Gasteiger partial charge in [-0.15, -0.1) is 22.7 Å². The molecule has 2 aliphatic rings. The Balaban J connectivity index is 1.05.